The van der Waals surface area contributed by atoms with Crippen LogP contribution in [0.2, 0.25) is 5.02 Å². The van der Waals surface area contributed by atoms with Gasteiger partial charge in [0.2, 0.25) is 0 Å². The molecule has 0 radical (unpaired) electrons. The summed E-state index contributed by atoms with van der Waals surface area (Å²) in [5.74, 6) is -0.00501. The molecule has 104 valence electrons. The third-order valence-electron chi connectivity index (χ3n) is 2.70. The molecule has 1 aromatic carbocycles. The van der Waals surface area contributed by atoms with E-state index >= 15 is 0 Å². The molecule has 0 unspecified atom stereocenters. The van der Waals surface area contributed by atoms with Gasteiger partial charge in [-0.1, -0.05) is 29.9 Å². The molecule has 20 heavy (non-hydrogen) atoms. The lowest BCUT2D eigenvalue weighted by molar-refractivity contribution is 0.0598. The van der Waals surface area contributed by atoms with E-state index < -0.39 is 5.97 Å². The predicted molar refractivity (Wildman–Crippen MR) is 83.6 cm³/mol. The van der Waals surface area contributed by atoms with Gasteiger partial charge in [-0.3, -0.25) is 0 Å². The lowest BCUT2D eigenvalue weighted by Crippen LogP contribution is -2.09. The molecule has 0 aliphatic carbocycles. The van der Waals surface area contributed by atoms with Crippen LogP contribution in [-0.2, 0) is 4.74 Å². The van der Waals surface area contributed by atoms with Crippen LogP contribution in [0.25, 0.3) is 11.4 Å². The summed E-state index contributed by atoms with van der Waals surface area (Å²) in [7, 11) is 1.30. The number of carbonyl (C=O) groups excluding carboxylic acids is 1. The van der Waals surface area contributed by atoms with Crippen molar-refractivity contribution in [2.75, 3.05) is 7.11 Å². The minimum absolute atomic E-state index is 0.180. The summed E-state index contributed by atoms with van der Waals surface area (Å²) in [4.78, 5) is 18.9. The van der Waals surface area contributed by atoms with Crippen molar-refractivity contribution in [3.8, 4) is 11.4 Å². The maximum atomic E-state index is 11.6. The number of ether oxygens (including phenoxy) is 1. The van der Waals surface area contributed by atoms with Gasteiger partial charge in [0.05, 0.1) is 12.1 Å². The van der Waals surface area contributed by atoms with Crippen LogP contribution in [0.1, 0.15) is 16.1 Å². The summed E-state index contributed by atoms with van der Waals surface area (Å²) >= 11 is 14.7. The molecular formula is C13H10BrClN2O2S. The van der Waals surface area contributed by atoms with Gasteiger partial charge < -0.3 is 9.72 Å². The number of H-pyrrole nitrogens is 1. The van der Waals surface area contributed by atoms with Crippen LogP contribution in [0.5, 0.6) is 0 Å². The maximum Gasteiger partial charge on any atom is 0.342 e. The average molecular weight is 374 g/mol. The Morgan fingerprint density at radius 3 is 2.80 bits per heavy atom. The molecule has 1 aromatic heterocycles. The van der Waals surface area contributed by atoms with Crippen LogP contribution < -0.4 is 0 Å². The molecule has 0 atom stereocenters. The van der Waals surface area contributed by atoms with Gasteiger partial charge in [-0.25, -0.2) is 9.78 Å². The van der Waals surface area contributed by atoms with Crippen molar-refractivity contribution >= 4 is 45.7 Å². The third kappa shape index (κ3) is 2.77. The number of aryl methyl sites for hydroxylation is 1. The number of nitrogens with one attached hydrogen (secondary N) is 1. The first-order chi connectivity index (χ1) is 9.45. The SMILES string of the molecule is COC(=O)c1c(C)[nH]c(-c2cccc(Br)c2Cl)nc1=S. The normalized spacial score (nSPS) is 10.4. The molecule has 0 saturated carbocycles. The van der Waals surface area contributed by atoms with E-state index in [4.69, 9.17) is 23.8 Å². The molecule has 2 aromatic rings. The molecular weight excluding hydrogens is 364 g/mol. The van der Waals surface area contributed by atoms with Crippen molar-refractivity contribution in [1.82, 2.24) is 9.97 Å². The van der Waals surface area contributed by atoms with Gasteiger partial charge in [0.1, 0.15) is 16.0 Å². The summed E-state index contributed by atoms with van der Waals surface area (Å²) in [6.07, 6.45) is 0. The zero-order valence-electron chi connectivity index (χ0n) is 10.7. The Labute approximate surface area is 134 Å². The van der Waals surface area contributed by atoms with Gasteiger partial charge in [0.15, 0.2) is 0 Å². The number of hydrogen-bond acceptors (Lipinski definition) is 4. The minimum Gasteiger partial charge on any atom is -0.465 e. The van der Waals surface area contributed by atoms with Crippen molar-refractivity contribution in [3.63, 3.8) is 0 Å². The Morgan fingerprint density at radius 2 is 2.20 bits per heavy atom. The minimum atomic E-state index is -0.511. The van der Waals surface area contributed by atoms with Gasteiger partial charge in [-0.15, -0.1) is 0 Å². The fourth-order valence-corrected chi connectivity index (χ4v) is 2.65. The smallest absolute Gasteiger partial charge is 0.342 e. The van der Waals surface area contributed by atoms with Gasteiger partial charge in [0.25, 0.3) is 0 Å². The number of carbonyl (C=O) groups is 1. The Balaban J connectivity index is 2.64. The molecule has 0 aliphatic heterocycles. The fraction of sp³-hybridized carbons (Fsp3) is 0.154. The summed E-state index contributed by atoms with van der Waals surface area (Å²) in [5, 5.41) is 0.524. The maximum absolute atomic E-state index is 11.6. The lowest BCUT2D eigenvalue weighted by atomic mass is 10.2. The van der Waals surface area contributed by atoms with E-state index in [-0.39, 0.29) is 10.2 Å². The molecule has 1 N–H and O–H groups in total. The highest BCUT2D eigenvalue weighted by molar-refractivity contribution is 9.10. The number of aromatic amines is 1. The van der Waals surface area contributed by atoms with Crippen molar-refractivity contribution in [2.24, 2.45) is 0 Å². The van der Waals surface area contributed by atoms with Gasteiger partial charge >= 0.3 is 5.97 Å². The van der Waals surface area contributed by atoms with E-state index in [0.29, 0.717) is 22.1 Å². The number of aromatic nitrogens is 2. The quantitative estimate of drug-likeness (QED) is 0.629. The molecule has 1 heterocycles. The van der Waals surface area contributed by atoms with E-state index in [0.717, 1.165) is 4.47 Å². The number of methoxy groups -OCH3 is 1. The van der Waals surface area contributed by atoms with Gasteiger partial charge in [-0.2, -0.15) is 0 Å². The van der Waals surface area contributed by atoms with Crippen molar-refractivity contribution < 1.29 is 9.53 Å². The monoisotopic (exact) mass is 372 g/mol. The largest absolute Gasteiger partial charge is 0.465 e. The molecule has 0 saturated heterocycles. The highest BCUT2D eigenvalue weighted by atomic mass is 79.9. The first-order valence-corrected chi connectivity index (χ1v) is 7.17. The Hall–Kier alpha value is -1.24. The lowest BCUT2D eigenvalue weighted by Gasteiger charge is -2.09. The first-order valence-electron chi connectivity index (χ1n) is 5.59. The molecule has 7 heteroatoms. The van der Waals surface area contributed by atoms with E-state index in [2.05, 4.69) is 30.6 Å². The Morgan fingerprint density at radius 1 is 1.50 bits per heavy atom. The van der Waals surface area contributed by atoms with Gasteiger partial charge in [0, 0.05) is 15.7 Å². The van der Waals surface area contributed by atoms with E-state index in [9.17, 15) is 4.79 Å². The summed E-state index contributed by atoms with van der Waals surface area (Å²) in [6, 6.07) is 5.49. The summed E-state index contributed by atoms with van der Waals surface area (Å²) < 4.78 is 5.62. The molecule has 2 rings (SSSR count). The van der Waals surface area contributed by atoms with Crippen molar-refractivity contribution in [2.45, 2.75) is 6.92 Å². The number of benzene rings is 1. The van der Waals surface area contributed by atoms with Crippen LogP contribution in [0.4, 0.5) is 0 Å². The summed E-state index contributed by atoms with van der Waals surface area (Å²) in [6.45, 7) is 1.74. The van der Waals surface area contributed by atoms with E-state index in [1.165, 1.54) is 7.11 Å². The number of esters is 1. The average Bonchev–Trinajstić information content (AvgIpc) is 2.40. The molecule has 0 aliphatic rings. The fourth-order valence-electron chi connectivity index (χ4n) is 1.74. The standard InChI is InChI=1S/C13H10BrClN2O2S/c1-6-9(13(18)19-2)12(20)17-11(16-6)7-4-3-5-8(14)10(7)15/h3-5H,1-2H3,(H,16,17,20). The van der Waals surface area contributed by atoms with Crippen LogP contribution in [0.3, 0.4) is 0 Å². The number of nitrogens with zero attached hydrogens (tertiary/aromatic N) is 1. The second-order valence-corrected chi connectivity index (χ2v) is 5.60. The highest BCUT2D eigenvalue weighted by Gasteiger charge is 2.16. The number of hydrogen-bond donors (Lipinski definition) is 1. The zero-order valence-corrected chi connectivity index (χ0v) is 13.8. The molecule has 0 amide bonds. The number of halogens is 2. The number of rotatable bonds is 2. The van der Waals surface area contributed by atoms with Crippen molar-refractivity contribution in [3.05, 3.63) is 43.6 Å². The second-order valence-electron chi connectivity index (χ2n) is 3.98. The topological polar surface area (TPSA) is 55.0 Å². The first kappa shape index (κ1) is 15.2. The Bertz CT molecular complexity index is 746. The second kappa shape index (κ2) is 6.03. The molecule has 0 fully saturated rings. The molecule has 0 spiro atoms. The predicted octanol–water partition coefficient (Wildman–Crippen LogP) is 4.32. The summed E-state index contributed by atoms with van der Waals surface area (Å²) in [5.41, 5.74) is 1.55. The van der Waals surface area contributed by atoms with Gasteiger partial charge in [-0.05, 0) is 35.0 Å². The third-order valence-corrected chi connectivity index (χ3v) is 4.30. The molecule has 4 nitrogen and oxygen atoms in total. The van der Waals surface area contributed by atoms with Crippen LogP contribution in [0.15, 0.2) is 22.7 Å². The van der Waals surface area contributed by atoms with Crippen LogP contribution in [-0.4, -0.2) is 23.0 Å². The van der Waals surface area contributed by atoms with Crippen LogP contribution in [0, 0.1) is 11.6 Å². The van der Waals surface area contributed by atoms with Crippen molar-refractivity contribution in [1.29, 1.82) is 0 Å². The van der Waals surface area contributed by atoms with Crippen LogP contribution >= 0.6 is 39.7 Å². The van der Waals surface area contributed by atoms with E-state index in [1.807, 2.05) is 18.2 Å². The molecule has 0 bridgehead atoms. The zero-order chi connectivity index (χ0) is 14.9. The van der Waals surface area contributed by atoms with E-state index in [1.54, 1.807) is 6.92 Å². The highest BCUT2D eigenvalue weighted by Crippen LogP contribution is 2.32. The Kier molecular flexibility index (Phi) is 4.57.